The lowest BCUT2D eigenvalue weighted by Gasteiger charge is -2.39. The molecule has 0 radical (unpaired) electrons. The summed E-state index contributed by atoms with van der Waals surface area (Å²) in [5.41, 5.74) is 0. The lowest BCUT2D eigenvalue weighted by Crippen LogP contribution is -2.44. The Bertz CT molecular complexity index is 358. The zero-order valence-corrected chi connectivity index (χ0v) is 11.7. The molecule has 0 spiro atoms. The number of thiazole rings is 1. The van der Waals surface area contributed by atoms with Gasteiger partial charge in [-0.2, -0.15) is 0 Å². The number of aliphatic hydroxyl groups is 1. The molecular weight excluding hydrogens is 256 g/mol. The third kappa shape index (κ3) is 3.41. The Kier molecular flexibility index (Phi) is 4.79. The molecule has 1 aromatic heterocycles. The van der Waals surface area contributed by atoms with Gasteiger partial charge in [-0.15, -0.1) is 11.3 Å². The Hall–Kier alpha value is -0.160. The molecule has 1 fully saturated rings. The summed E-state index contributed by atoms with van der Waals surface area (Å²) in [6.07, 6.45) is 5.08. The van der Waals surface area contributed by atoms with Crippen LogP contribution in [0.3, 0.4) is 0 Å². The number of nitrogens with zero attached hydrogens (tertiary/aromatic N) is 2. The number of aliphatic hydroxyl groups excluding tert-OH is 1. The van der Waals surface area contributed by atoms with Crippen molar-refractivity contribution in [2.75, 3.05) is 13.2 Å². The molecule has 0 amide bonds. The number of piperidine rings is 1. The molecule has 1 aliphatic rings. The molecule has 0 saturated carbocycles. The van der Waals surface area contributed by atoms with Crippen molar-refractivity contribution in [1.82, 2.24) is 9.88 Å². The SMILES string of the molecule is C[C@@H]1CCCN(Cc2ncc(Cl)s2)[C@H]1CCO. The van der Waals surface area contributed by atoms with Crippen LogP contribution in [0.1, 0.15) is 31.2 Å². The molecule has 5 heteroatoms. The monoisotopic (exact) mass is 274 g/mol. The molecule has 96 valence electrons. The van der Waals surface area contributed by atoms with Gasteiger partial charge in [0.15, 0.2) is 0 Å². The van der Waals surface area contributed by atoms with Crippen LogP contribution in [0, 0.1) is 5.92 Å². The van der Waals surface area contributed by atoms with E-state index in [1.54, 1.807) is 17.5 Å². The first kappa shape index (κ1) is 13.3. The molecule has 1 aromatic rings. The average Bonchev–Trinajstić information content (AvgIpc) is 2.69. The van der Waals surface area contributed by atoms with Crippen molar-refractivity contribution < 1.29 is 5.11 Å². The number of hydrogen-bond donors (Lipinski definition) is 1. The summed E-state index contributed by atoms with van der Waals surface area (Å²) in [5, 5.41) is 10.2. The summed E-state index contributed by atoms with van der Waals surface area (Å²) in [7, 11) is 0. The fourth-order valence-electron chi connectivity index (χ4n) is 2.66. The normalized spacial score (nSPS) is 26.3. The Morgan fingerprint density at radius 3 is 3.12 bits per heavy atom. The standard InChI is InChI=1S/C12H19ClN2OS/c1-9-3-2-5-15(10(9)4-6-16)8-12-14-7-11(13)17-12/h7,9-10,16H,2-6,8H2,1H3/t9-,10+/m1/s1. The molecule has 0 bridgehead atoms. The largest absolute Gasteiger partial charge is 0.396 e. The van der Waals surface area contributed by atoms with Crippen molar-refractivity contribution in [2.24, 2.45) is 5.92 Å². The van der Waals surface area contributed by atoms with Gasteiger partial charge in [-0.05, 0) is 31.7 Å². The van der Waals surface area contributed by atoms with Crippen LogP contribution in [0.2, 0.25) is 4.34 Å². The second-order valence-electron chi connectivity index (χ2n) is 4.73. The highest BCUT2D eigenvalue weighted by Crippen LogP contribution is 2.28. The van der Waals surface area contributed by atoms with E-state index in [9.17, 15) is 0 Å². The molecule has 0 aromatic carbocycles. The van der Waals surface area contributed by atoms with E-state index in [1.165, 1.54) is 12.8 Å². The molecule has 1 saturated heterocycles. The Morgan fingerprint density at radius 1 is 1.65 bits per heavy atom. The predicted octanol–water partition coefficient (Wildman–Crippen LogP) is 2.78. The van der Waals surface area contributed by atoms with E-state index in [2.05, 4.69) is 16.8 Å². The van der Waals surface area contributed by atoms with Crippen LogP contribution in [-0.2, 0) is 6.54 Å². The maximum atomic E-state index is 9.16. The van der Waals surface area contributed by atoms with Gasteiger partial charge < -0.3 is 5.11 Å². The number of hydrogen-bond acceptors (Lipinski definition) is 4. The third-order valence-corrected chi connectivity index (χ3v) is 4.62. The predicted molar refractivity (Wildman–Crippen MR) is 71.4 cm³/mol. The first-order valence-electron chi connectivity index (χ1n) is 6.16. The van der Waals surface area contributed by atoms with Crippen LogP contribution in [0.15, 0.2) is 6.20 Å². The van der Waals surface area contributed by atoms with Gasteiger partial charge in [-0.25, -0.2) is 4.98 Å². The van der Waals surface area contributed by atoms with Crippen molar-refractivity contribution in [1.29, 1.82) is 0 Å². The molecule has 3 nitrogen and oxygen atoms in total. The van der Waals surface area contributed by atoms with Gasteiger partial charge in [0.25, 0.3) is 0 Å². The van der Waals surface area contributed by atoms with Crippen LogP contribution in [-0.4, -0.2) is 34.2 Å². The van der Waals surface area contributed by atoms with E-state index in [0.717, 1.165) is 28.9 Å². The Balaban J connectivity index is 2.01. The highest BCUT2D eigenvalue weighted by atomic mass is 35.5. The summed E-state index contributed by atoms with van der Waals surface area (Å²) >= 11 is 7.45. The Morgan fingerprint density at radius 2 is 2.47 bits per heavy atom. The summed E-state index contributed by atoms with van der Waals surface area (Å²) in [6, 6.07) is 0.483. The van der Waals surface area contributed by atoms with E-state index >= 15 is 0 Å². The number of likely N-dealkylation sites (tertiary alicyclic amines) is 1. The van der Waals surface area contributed by atoms with Gasteiger partial charge >= 0.3 is 0 Å². The quantitative estimate of drug-likeness (QED) is 0.917. The summed E-state index contributed by atoms with van der Waals surface area (Å²) in [5.74, 6) is 0.659. The highest BCUT2D eigenvalue weighted by Gasteiger charge is 2.28. The van der Waals surface area contributed by atoms with Crippen LogP contribution in [0.5, 0.6) is 0 Å². The van der Waals surface area contributed by atoms with Gasteiger partial charge in [-0.1, -0.05) is 18.5 Å². The summed E-state index contributed by atoms with van der Waals surface area (Å²) < 4.78 is 0.753. The number of rotatable bonds is 4. The van der Waals surface area contributed by atoms with E-state index < -0.39 is 0 Å². The van der Waals surface area contributed by atoms with Crippen molar-refractivity contribution in [2.45, 2.75) is 38.8 Å². The third-order valence-electron chi connectivity index (χ3n) is 3.52. The van der Waals surface area contributed by atoms with Gasteiger partial charge in [0.05, 0.1) is 12.7 Å². The Labute approximate surface area is 111 Å². The molecule has 0 aliphatic carbocycles. The average molecular weight is 275 g/mol. The maximum Gasteiger partial charge on any atom is 0.113 e. The molecule has 0 unspecified atom stereocenters. The number of halogens is 1. The second kappa shape index (κ2) is 6.14. The topological polar surface area (TPSA) is 36.4 Å². The van der Waals surface area contributed by atoms with Crippen LogP contribution in [0.4, 0.5) is 0 Å². The lowest BCUT2D eigenvalue weighted by molar-refractivity contribution is 0.0720. The minimum absolute atomic E-state index is 0.268. The zero-order chi connectivity index (χ0) is 12.3. The summed E-state index contributed by atoms with van der Waals surface area (Å²) in [4.78, 5) is 6.76. The van der Waals surface area contributed by atoms with Crippen LogP contribution in [0.25, 0.3) is 0 Å². The van der Waals surface area contributed by atoms with E-state index in [-0.39, 0.29) is 6.61 Å². The van der Waals surface area contributed by atoms with Gasteiger partial charge in [-0.3, -0.25) is 4.90 Å². The van der Waals surface area contributed by atoms with E-state index in [1.807, 2.05) is 0 Å². The van der Waals surface area contributed by atoms with Gasteiger partial charge in [0.1, 0.15) is 9.34 Å². The van der Waals surface area contributed by atoms with Crippen molar-refractivity contribution in [3.05, 3.63) is 15.5 Å². The van der Waals surface area contributed by atoms with Crippen molar-refractivity contribution >= 4 is 22.9 Å². The van der Waals surface area contributed by atoms with Crippen LogP contribution < -0.4 is 0 Å². The van der Waals surface area contributed by atoms with E-state index in [0.29, 0.717) is 12.0 Å². The van der Waals surface area contributed by atoms with Crippen molar-refractivity contribution in [3.63, 3.8) is 0 Å². The van der Waals surface area contributed by atoms with E-state index in [4.69, 9.17) is 16.7 Å². The molecule has 1 aliphatic heterocycles. The van der Waals surface area contributed by atoms with Crippen LogP contribution >= 0.6 is 22.9 Å². The number of aromatic nitrogens is 1. The maximum absolute atomic E-state index is 9.16. The fourth-order valence-corrected chi connectivity index (χ4v) is 3.65. The second-order valence-corrected chi connectivity index (χ2v) is 6.47. The van der Waals surface area contributed by atoms with Crippen molar-refractivity contribution in [3.8, 4) is 0 Å². The fraction of sp³-hybridized carbons (Fsp3) is 0.750. The minimum atomic E-state index is 0.268. The molecule has 2 rings (SSSR count). The first-order chi connectivity index (χ1) is 8.20. The lowest BCUT2D eigenvalue weighted by atomic mass is 9.89. The summed E-state index contributed by atoms with van der Waals surface area (Å²) in [6.45, 7) is 4.52. The zero-order valence-electron chi connectivity index (χ0n) is 10.1. The first-order valence-corrected chi connectivity index (χ1v) is 7.35. The smallest absolute Gasteiger partial charge is 0.113 e. The van der Waals surface area contributed by atoms with Gasteiger partial charge in [0, 0.05) is 12.6 Å². The van der Waals surface area contributed by atoms with Gasteiger partial charge in [0.2, 0.25) is 0 Å². The molecular formula is C12H19ClN2OS. The minimum Gasteiger partial charge on any atom is -0.396 e. The molecule has 1 N–H and O–H groups in total. The molecule has 17 heavy (non-hydrogen) atoms. The molecule has 2 heterocycles. The molecule has 2 atom stereocenters. The highest BCUT2D eigenvalue weighted by molar-refractivity contribution is 7.15.